The predicted octanol–water partition coefficient (Wildman–Crippen LogP) is 3.71. The lowest BCUT2D eigenvalue weighted by Crippen LogP contribution is -2.37. The third-order valence-corrected chi connectivity index (χ3v) is 7.02. The molecule has 2 fully saturated rings. The van der Waals surface area contributed by atoms with Crippen LogP contribution in [-0.2, 0) is 9.84 Å². The molecule has 0 radical (unpaired) electrons. The molecule has 2 aliphatic heterocycles. The van der Waals surface area contributed by atoms with Crippen molar-refractivity contribution in [3.63, 3.8) is 0 Å². The second-order valence-electron chi connectivity index (χ2n) is 6.19. The maximum absolute atomic E-state index is 13.1. The molecule has 0 saturated carbocycles. The van der Waals surface area contributed by atoms with Gasteiger partial charge in [0.05, 0.1) is 23.6 Å². The van der Waals surface area contributed by atoms with E-state index in [-0.39, 0.29) is 17.5 Å². The van der Waals surface area contributed by atoms with Crippen LogP contribution in [0.2, 0.25) is 5.02 Å². The summed E-state index contributed by atoms with van der Waals surface area (Å²) in [5.74, 6) is -0.0700. The zero-order valence-corrected chi connectivity index (χ0v) is 16.1. The van der Waals surface area contributed by atoms with Gasteiger partial charge in [-0.05, 0) is 42.5 Å². The first-order valence-electron chi connectivity index (χ1n) is 7.70. The Labute approximate surface area is 159 Å². The molecular weight excluding hydrogens is 428 g/mol. The average Bonchev–Trinajstić information content (AvgIpc) is 2.97. The zero-order valence-electron chi connectivity index (χ0n) is 13.0. The average molecular weight is 442 g/mol. The summed E-state index contributed by atoms with van der Waals surface area (Å²) in [4.78, 5) is 16.3. The molecular formula is C17H14BrClN2O3S. The molecule has 0 unspecified atom stereocenters. The first-order valence-corrected chi connectivity index (χ1v) is 10.7. The van der Waals surface area contributed by atoms with E-state index >= 15 is 0 Å². The second kappa shape index (κ2) is 6.00. The number of sulfone groups is 1. The highest BCUT2D eigenvalue weighted by atomic mass is 79.9. The smallest absolute Gasteiger partial charge is 0.288 e. The summed E-state index contributed by atoms with van der Waals surface area (Å²) in [5, 5.41) is 0.504. The topological polar surface area (TPSA) is 57.7 Å². The molecule has 0 aromatic heterocycles. The van der Waals surface area contributed by atoms with Crippen molar-refractivity contribution in [1.29, 1.82) is 0 Å². The lowest BCUT2D eigenvalue weighted by molar-refractivity contribution is 0.255. The molecule has 2 amide bonds. The van der Waals surface area contributed by atoms with Gasteiger partial charge in [-0.15, -0.1) is 0 Å². The minimum absolute atomic E-state index is 0.0312. The molecule has 2 atom stereocenters. The van der Waals surface area contributed by atoms with Crippen LogP contribution in [0.5, 0.6) is 0 Å². The van der Waals surface area contributed by atoms with E-state index < -0.39 is 21.9 Å². The minimum atomic E-state index is -3.21. The van der Waals surface area contributed by atoms with E-state index in [1.165, 1.54) is 0 Å². The van der Waals surface area contributed by atoms with Crippen LogP contribution < -0.4 is 9.80 Å². The number of carbonyl (C=O) groups excluding carboxylic acids is 1. The van der Waals surface area contributed by atoms with Crippen molar-refractivity contribution in [1.82, 2.24) is 0 Å². The number of benzene rings is 2. The number of hydrogen-bond acceptors (Lipinski definition) is 3. The van der Waals surface area contributed by atoms with Gasteiger partial charge in [0.2, 0.25) is 0 Å². The molecule has 2 aliphatic rings. The largest absolute Gasteiger partial charge is 0.329 e. The first kappa shape index (κ1) is 16.9. The summed E-state index contributed by atoms with van der Waals surface area (Å²) >= 11 is 9.44. The summed E-state index contributed by atoms with van der Waals surface area (Å²) in [7, 11) is -3.21. The molecule has 0 bridgehead atoms. The van der Waals surface area contributed by atoms with E-state index in [2.05, 4.69) is 15.9 Å². The Morgan fingerprint density at radius 3 is 2.16 bits per heavy atom. The van der Waals surface area contributed by atoms with Crippen molar-refractivity contribution in [2.24, 2.45) is 0 Å². The summed E-state index contributed by atoms with van der Waals surface area (Å²) in [6.45, 7) is 0. The van der Waals surface area contributed by atoms with Crippen molar-refractivity contribution in [3.8, 4) is 0 Å². The van der Waals surface area contributed by atoms with E-state index in [9.17, 15) is 13.2 Å². The predicted molar refractivity (Wildman–Crippen MR) is 102 cm³/mol. The Bertz CT molecular complexity index is 949. The molecule has 2 saturated heterocycles. The van der Waals surface area contributed by atoms with E-state index in [0.717, 1.165) is 4.47 Å². The highest BCUT2D eigenvalue weighted by Gasteiger charge is 2.54. The number of fused-ring (bicyclic) bond motifs is 1. The zero-order chi connectivity index (χ0) is 17.8. The van der Waals surface area contributed by atoms with Gasteiger partial charge in [0, 0.05) is 20.9 Å². The quantitative estimate of drug-likeness (QED) is 0.668. The van der Waals surface area contributed by atoms with Gasteiger partial charge < -0.3 is 0 Å². The van der Waals surface area contributed by atoms with Crippen LogP contribution in [0.15, 0.2) is 53.0 Å². The number of amides is 2. The molecule has 2 heterocycles. The fourth-order valence-electron chi connectivity index (χ4n) is 3.54. The fourth-order valence-corrected chi connectivity index (χ4v) is 5.90. The van der Waals surface area contributed by atoms with Crippen molar-refractivity contribution < 1.29 is 13.2 Å². The van der Waals surface area contributed by atoms with Crippen LogP contribution in [0, 0.1) is 0 Å². The molecule has 4 rings (SSSR count). The number of rotatable bonds is 2. The van der Waals surface area contributed by atoms with Gasteiger partial charge in [-0.1, -0.05) is 33.6 Å². The van der Waals surface area contributed by atoms with Gasteiger partial charge in [0.15, 0.2) is 9.84 Å². The number of carbonyl (C=O) groups is 1. The van der Waals surface area contributed by atoms with E-state index in [1.54, 1.807) is 34.1 Å². The van der Waals surface area contributed by atoms with E-state index in [1.807, 2.05) is 24.3 Å². The third kappa shape index (κ3) is 2.94. The molecule has 2 aromatic rings. The highest BCUT2D eigenvalue weighted by molar-refractivity contribution is 9.10. The van der Waals surface area contributed by atoms with Crippen LogP contribution in [0.3, 0.4) is 0 Å². The molecule has 2 aromatic carbocycles. The molecule has 0 aliphatic carbocycles. The van der Waals surface area contributed by atoms with Gasteiger partial charge in [0.25, 0.3) is 0 Å². The SMILES string of the molecule is O=C1N(c2ccc(Br)cc2)[C@H]2CS(=O)(=O)C[C@@H]2N1c1cccc(Cl)c1. The second-order valence-corrected chi connectivity index (χ2v) is 9.70. The molecule has 130 valence electrons. The van der Waals surface area contributed by atoms with Crippen molar-refractivity contribution in [3.05, 3.63) is 58.0 Å². The Kier molecular flexibility index (Phi) is 4.05. The maximum Gasteiger partial charge on any atom is 0.329 e. The molecule has 5 nitrogen and oxygen atoms in total. The molecule has 0 spiro atoms. The number of hydrogen-bond donors (Lipinski definition) is 0. The Morgan fingerprint density at radius 1 is 0.960 bits per heavy atom. The van der Waals surface area contributed by atoms with Crippen LogP contribution in [0.25, 0.3) is 0 Å². The molecule has 0 N–H and O–H groups in total. The van der Waals surface area contributed by atoms with Crippen molar-refractivity contribution in [2.45, 2.75) is 12.1 Å². The fraction of sp³-hybridized carbons (Fsp3) is 0.235. The summed E-state index contributed by atoms with van der Waals surface area (Å²) in [6.07, 6.45) is 0. The van der Waals surface area contributed by atoms with Gasteiger partial charge in [0.1, 0.15) is 0 Å². The van der Waals surface area contributed by atoms with E-state index in [0.29, 0.717) is 16.4 Å². The van der Waals surface area contributed by atoms with Crippen LogP contribution in [0.4, 0.5) is 16.2 Å². The summed E-state index contributed by atoms with van der Waals surface area (Å²) in [5.41, 5.74) is 1.30. The number of anilines is 2. The highest BCUT2D eigenvalue weighted by Crippen LogP contribution is 2.38. The Balaban J connectivity index is 1.81. The third-order valence-electron chi connectivity index (χ3n) is 4.56. The number of halogens is 2. The summed E-state index contributed by atoms with van der Waals surface area (Å²) < 4.78 is 25.3. The van der Waals surface area contributed by atoms with E-state index in [4.69, 9.17) is 11.6 Å². The number of urea groups is 1. The van der Waals surface area contributed by atoms with Gasteiger partial charge >= 0.3 is 6.03 Å². The Morgan fingerprint density at radius 2 is 1.56 bits per heavy atom. The van der Waals surface area contributed by atoms with Crippen LogP contribution in [-0.4, -0.2) is 38.0 Å². The maximum atomic E-state index is 13.1. The van der Waals surface area contributed by atoms with Crippen molar-refractivity contribution in [2.75, 3.05) is 21.3 Å². The van der Waals surface area contributed by atoms with Gasteiger partial charge in [-0.2, -0.15) is 0 Å². The molecule has 25 heavy (non-hydrogen) atoms. The monoisotopic (exact) mass is 440 g/mol. The van der Waals surface area contributed by atoms with Crippen LogP contribution >= 0.6 is 27.5 Å². The lowest BCUT2D eigenvalue weighted by atomic mass is 10.1. The van der Waals surface area contributed by atoms with Crippen LogP contribution in [0.1, 0.15) is 0 Å². The lowest BCUT2D eigenvalue weighted by Gasteiger charge is -2.22. The van der Waals surface area contributed by atoms with Crippen molar-refractivity contribution >= 4 is 54.8 Å². The summed E-state index contributed by atoms with van der Waals surface area (Å²) in [6, 6.07) is 13.2. The minimum Gasteiger partial charge on any atom is -0.288 e. The van der Waals surface area contributed by atoms with Gasteiger partial charge in [-0.25, -0.2) is 13.2 Å². The standard InChI is InChI=1S/C17H14BrClN2O3S/c18-11-4-6-13(7-5-11)20-15-9-25(23,24)10-16(15)21(17(20)22)14-3-1-2-12(19)8-14/h1-8,15-16H,9-10H2/t15-,16-/m0/s1. The first-order chi connectivity index (χ1) is 11.9. The van der Waals surface area contributed by atoms with Gasteiger partial charge in [-0.3, -0.25) is 9.80 Å². The molecule has 8 heteroatoms. The normalized spacial score (nSPS) is 24.6. The number of nitrogens with zero attached hydrogens (tertiary/aromatic N) is 2. The Hall–Kier alpha value is -1.57.